The molecule has 0 radical (unpaired) electrons. The minimum absolute atomic E-state index is 0.162. The lowest BCUT2D eigenvalue weighted by Gasteiger charge is -2.32. The van der Waals surface area contributed by atoms with Crippen molar-refractivity contribution in [1.29, 1.82) is 0 Å². The van der Waals surface area contributed by atoms with Crippen LogP contribution >= 0.6 is 11.3 Å². The molecule has 0 saturated carbocycles. The largest absolute Gasteiger partial charge is 0.326 e. The minimum Gasteiger partial charge on any atom is -0.326 e. The second-order valence-electron chi connectivity index (χ2n) is 5.78. The first-order valence-electron chi connectivity index (χ1n) is 7.04. The SMILES string of the molecule is Cc1nc(CC(N)C2CN(C)CCCN2C)sc1C. The van der Waals surface area contributed by atoms with Crippen LogP contribution in [-0.2, 0) is 6.42 Å². The van der Waals surface area contributed by atoms with Gasteiger partial charge in [0, 0.05) is 29.9 Å². The Morgan fingerprint density at radius 3 is 2.74 bits per heavy atom. The maximum absolute atomic E-state index is 6.46. The van der Waals surface area contributed by atoms with Gasteiger partial charge in [-0.25, -0.2) is 4.98 Å². The summed E-state index contributed by atoms with van der Waals surface area (Å²) in [7, 11) is 4.39. The van der Waals surface area contributed by atoms with Crippen molar-refractivity contribution in [2.45, 2.75) is 38.8 Å². The molecule has 2 atom stereocenters. The van der Waals surface area contributed by atoms with Gasteiger partial charge in [-0.05, 0) is 47.5 Å². The summed E-state index contributed by atoms with van der Waals surface area (Å²) >= 11 is 1.79. The van der Waals surface area contributed by atoms with Gasteiger partial charge in [0.1, 0.15) is 0 Å². The van der Waals surface area contributed by atoms with Gasteiger partial charge in [-0.15, -0.1) is 11.3 Å². The van der Waals surface area contributed by atoms with Crippen LogP contribution in [0, 0.1) is 13.8 Å². The van der Waals surface area contributed by atoms with Crippen LogP contribution < -0.4 is 5.73 Å². The monoisotopic (exact) mass is 282 g/mol. The first-order chi connectivity index (χ1) is 8.97. The molecule has 0 aromatic carbocycles. The van der Waals surface area contributed by atoms with Gasteiger partial charge in [-0.2, -0.15) is 0 Å². The fraction of sp³-hybridized carbons (Fsp3) is 0.786. The summed E-state index contributed by atoms with van der Waals surface area (Å²) in [6.45, 7) is 7.57. The molecular weight excluding hydrogens is 256 g/mol. The molecule has 1 aliphatic heterocycles. The maximum Gasteiger partial charge on any atom is 0.0946 e. The molecule has 2 unspecified atom stereocenters. The van der Waals surface area contributed by atoms with Crippen molar-refractivity contribution in [2.75, 3.05) is 33.7 Å². The molecule has 2 N–H and O–H groups in total. The quantitative estimate of drug-likeness (QED) is 0.907. The number of likely N-dealkylation sites (N-methyl/N-ethyl adjacent to an activating group) is 2. The molecule has 1 aliphatic rings. The molecule has 1 fully saturated rings. The normalized spacial score (nSPS) is 24.4. The van der Waals surface area contributed by atoms with Crippen LogP contribution in [0.1, 0.15) is 22.0 Å². The van der Waals surface area contributed by atoms with Crippen LogP contribution in [0.25, 0.3) is 0 Å². The van der Waals surface area contributed by atoms with Gasteiger partial charge in [0.25, 0.3) is 0 Å². The molecule has 0 aliphatic carbocycles. The lowest BCUT2D eigenvalue weighted by atomic mass is 10.0. The third-order valence-corrected chi connectivity index (χ3v) is 5.19. The zero-order valence-electron chi connectivity index (χ0n) is 12.5. The molecular formula is C14H26N4S. The van der Waals surface area contributed by atoms with Crippen molar-refractivity contribution in [3.8, 4) is 0 Å². The van der Waals surface area contributed by atoms with Crippen LogP contribution in [0.15, 0.2) is 0 Å². The van der Waals surface area contributed by atoms with E-state index in [-0.39, 0.29) is 6.04 Å². The number of hydrogen-bond acceptors (Lipinski definition) is 5. The third-order valence-electron chi connectivity index (χ3n) is 4.09. The molecule has 4 nitrogen and oxygen atoms in total. The lowest BCUT2D eigenvalue weighted by molar-refractivity contribution is 0.195. The third kappa shape index (κ3) is 3.75. The van der Waals surface area contributed by atoms with Gasteiger partial charge in [0.15, 0.2) is 0 Å². The Hall–Kier alpha value is -0.490. The van der Waals surface area contributed by atoms with Gasteiger partial charge >= 0.3 is 0 Å². The number of aryl methyl sites for hydroxylation is 2. The van der Waals surface area contributed by atoms with E-state index in [1.165, 1.54) is 22.9 Å². The molecule has 2 heterocycles. The number of hydrogen-bond donors (Lipinski definition) is 1. The van der Waals surface area contributed by atoms with Gasteiger partial charge in [0.2, 0.25) is 0 Å². The zero-order chi connectivity index (χ0) is 14.0. The Bertz CT molecular complexity index is 398. The first-order valence-corrected chi connectivity index (χ1v) is 7.86. The summed E-state index contributed by atoms with van der Waals surface area (Å²) in [4.78, 5) is 10.7. The predicted molar refractivity (Wildman–Crippen MR) is 81.8 cm³/mol. The van der Waals surface area contributed by atoms with Crippen LogP contribution in [0.4, 0.5) is 0 Å². The van der Waals surface area contributed by atoms with Crippen LogP contribution in [-0.4, -0.2) is 60.6 Å². The fourth-order valence-corrected chi connectivity index (χ4v) is 3.74. The highest BCUT2D eigenvalue weighted by molar-refractivity contribution is 7.11. The predicted octanol–water partition coefficient (Wildman–Crippen LogP) is 1.27. The standard InChI is InChI=1S/C14H26N4S/c1-10-11(2)19-14(16-10)8-12(15)13-9-17(3)6-5-7-18(13)4/h12-13H,5-9,15H2,1-4H3. The molecule has 0 amide bonds. The summed E-state index contributed by atoms with van der Waals surface area (Å²) in [6, 6.07) is 0.590. The first kappa shape index (κ1) is 14.9. The Morgan fingerprint density at radius 1 is 1.37 bits per heavy atom. The van der Waals surface area contributed by atoms with Crippen molar-refractivity contribution < 1.29 is 0 Å². The summed E-state index contributed by atoms with van der Waals surface area (Å²) in [6.07, 6.45) is 2.12. The average molecular weight is 282 g/mol. The molecule has 2 rings (SSSR count). The molecule has 108 valence electrons. The summed E-state index contributed by atoms with van der Waals surface area (Å²) in [5.41, 5.74) is 7.61. The highest BCUT2D eigenvalue weighted by Gasteiger charge is 2.26. The highest BCUT2D eigenvalue weighted by Crippen LogP contribution is 2.19. The number of nitrogens with zero attached hydrogens (tertiary/aromatic N) is 3. The summed E-state index contributed by atoms with van der Waals surface area (Å²) in [5.74, 6) is 0. The smallest absolute Gasteiger partial charge is 0.0946 e. The van der Waals surface area contributed by atoms with Crippen LogP contribution in [0.5, 0.6) is 0 Å². The van der Waals surface area contributed by atoms with Gasteiger partial charge in [-0.1, -0.05) is 0 Å². The van der Waals surface area contributed by atoms with E-state index in [0.717, 1.165) is 25.2 Å². The van der Waals surface area contributed by atoms with Gasteiger partial charge < -0.3 is 15.5 Å². The molecule has 1 aromatic rings. The van der Waals surface area contributed by atoms with E-state index in [2.05, 4.69) is 42.7 Å². The van der Waals surface area contributed by atoms with Gasteiger partial charge in [0.05, 0.1) is 10.7 Å². The molecule has 19 heavy (non-hydrogen) atoms. The average Bonchev–Trinajstić information content (AvgIpc) is 2.54. The molecule has 5 heteroatoms. The molecule has 0 bridgehead atoms. The number of aromatic nitrogens is 1. The maximum atomic E-state index is 6.46. The van der Waals surface area contributed by atoms with Crippen molar-refractivity contribution in [3.05, 3.63) is 15.6 Å². The van der Waals surface area contributed by atoms with Crippen molar-refractivity contribution in [2.24, 2.45) is 5.73 Å². The fourth-order valence-electron chi connectivity index (χ4n) is 2.73. The molecule has 0 spiro atoms. The van der Waals surface area contributed by atoms with E-state index >= 15 is 0 Å². The summed E-state index contributed by atoms with van der Waals surface area (Å²) < 4.78 is 0. The highest BCUT2D eigenvalue weighted by atomic mass is 32.1. The van der Waals surface area contributed by atoms with Gasteiger partial charge in [-0.3, -0.25) is 0 Å². The minimum atomic E-state index is 0.162. The Labute approximate surface area is 120 Å². The Morgan fingerprint density at radius 2 is 2.11 bits per heavy atom. The van der Waals surface area contributed by atoms with Crippen molar-refractivity contribution in [1.82, 2.24) is 14.8 Å². The topological polar surface area (TPSA) is 45.4 Å². The molecule has 1 saturated heterocycles. The number of rotatable bonds is 3. The van der Waals surface area contributed by atoms with E-state index in [1.807, 2.05) is 0 Å². The summed E-state index contributed by atoms with van der Waals surface area (Å²) in [5, 5.41) is 1.18. The second-order valence-corrected chi connectivity index (χ2v) is 7.07. The zero-order valence-corrected chi connectivity index (χ0v) is 13.3. The van der Waals surface area contributed by atoms with E-state index < -0.39 is 0 Å². The second kappa shape index (κ2) is 6.31. The Kier molecular flexibility index (Phi) is 4.95. The Balaban J connectivity index is 2.02. The van der Waals surface area contributed by atoms with Crippen molar-refractivity contribution in [3.63, 3.8) is 0 Å². The number of thiazole rings is 1. The van der Waals surface area contributed by atoms with Crippen LogP contribution in [0.2, 0.25) is 0 Å². The van der Waals surface area contributed by atoms with E-state index in [1.54, 1.807) is 11.3 Å². The lowest BCUT2D eigenvalue weighted by Crippen LogP contribution is -2.51. The van der Waals surface area contributed by atoms with Crippen molar-refractivity contribution >= 4 is 11.3 Å². The molecule has 1 aromatic heterocycles. The number of nitrogens with two attached hydrogens (primary N) is 1. The van der Waals surface area contributed by atoms with Crippen LogP contribution in [0.3, 0.4) is 0 Å². The van der Waals surface area contributed by atoms with E-state index in [9.17, 15) is 0 Å². The van der Waals surface area contributed by atoms with E-state index in [4.69, 9.17) is 5.73 Å². The van der Waals surface area contributed by atoms with E-state index in [0.29, 0.717) is 6.04 Å².